The fourth-order valence-electron chi connectivity index (χ4n) is 1.72. The molecule has 1 aliphatic rings. The number of thioether (sulfide) groups is 1. The lowest BCUT2D eigenvalue weighted by Gasteiger charge is -2.16. The molecule has 4 heteroatoms. The summed E-state index contributed by atoms with van der Waals surface area (Å²) in [6, 6.07) is 0. The van der Waals surface area contributed by atoms with E-state index in [1.54, 1.807) is 0 Å². The van der Waals surface area contributed by atoms with Gasteiger partial charge in [-0.2, -0.15) is 11.8 Å². The average Bonchev–Trinajstić information content (AvgIpc) is 2.18. The highest BCUT2D eigenvalue weighted by Crippen LogP contribution is 2.24. The molecule has 0 radical (unpaired) electrons. The van der Waals surface area contributed by atoms with Crippen LogP contribution >= 0.6 is 11.8 Å². The smallest absolute Gasteiger partial charge is 0.131 e. The highest BCUT2D eigenvalue weighted by atomic mass is 32.2. The molecule has 1 N–H and O–H groups in total. The number of aryl methyl sites for hydroxylation is 1. The molecule has 1 aliphatic heterocycles. The van der Waals surface area contributed by atoms with Crippen LogP contribution in [-0.4, -0.2) is 27.4 Å². The van der Waals surface area contributed by atoms with Crippen LogP contribution in [0.5, 0.6) is 0 Å². The molecule has 0 fully saturated rings. The Hall–Kier alpha value is -0.610. The number of aliphatic hydroxyl groups is 1. The van der Waals surface area contributed by atoms with Crippen LogP contribution in [0.3, 0.4) is 0 Å². The maximum atomic E-state index is 8.83. The number of fused-ring (bicyclic) bond motifs is 1. The maximum Gasteiger partial charge on any atom is 0.131 e. The molecule has 1 aromatic rings. The van der Waals surface area contributed by atoms with E-state index in [0.29, 0.717) is 6.42 Å². The summed E-state index contributed by atoms with van der Waals surface area (Å²) in [6.45, 7) is 2.17. The van der Waals surface area contributed by atoms with Crippen molar-refractivity contribution in [3.05, 3.63) is 22.8 Å². The molecule has 0 unspecified atom stereocenters. The van der Waals surface area contributed by atoms with E-state index in [-0.39, 0.29) is 6.61 Å². The molecule has 3 nitrogen and oxygen atoms in total. The second-order valence-electron chi connectivity index (χ2n) is 3.43. The molecule has 0 amide bonds. The fourth-order valence-corrected chi connectivity index (χ4v) is 2.64. The molecular weight excluding hydrogens is 196 g/mol. The van der Waals surface area contributed by atoms with Crippen molar-refractivity contribution in [2.45, 2.75) is 25.5 Å². The van der Waals surface area contributed by atoms with Gasteiger partial charge in [-0.05, 0) is 24.7 Å². The van der Waals surface area contributed by atoms with E-state index < -0.39 is 0 Å². The van der Waals surface area contributed by atoms with Gasteiger partial charge in [-0.25, -0.2) is 9.97 Å². The number of rotatable bonds is 2. The molecule has 2 rings (SSSR count). The topological polar surface area (TPSA) is 46.0 Å². The van der Waals surface area contributed by atoms with Gasteiger partial charge >= 0.3 is 0 Å². The van der Waals surface area contributed by atoms with E-state index >= 15 is 0 Å². The monoisotopic (exact) mass is 210 g/mol. The summed E-state index contributed by atoms with van der Waals surface area (Å²) in [7, 11) is 0. The fraction of sp³-hybridized carbons (Fsp3) is 0.600. The number of hydrogen-bond acceptors (Lipinski definition) is 4. The van der Waals surface area contributed by atoms with Gasteiger partial charge in [0.2, 0.25) is 0 Å². The maximum absolute atomic E-state index is 8.83. The molecule has 0 bridgehead atoms. The Balaban J connectivity index is 2.36. The third kappa shape index (κ3) is 1.91. The van der Waals surface area contributed by atoms with Crippen molar-refractivity contribution in [3.8, 4) is 0 Å². The first-order chi connectivity index (χ1) is 6.81. The predicted octanol–water partition coefficient (Wildman–Crippen LogP) is 1.11. The van der Waals surface area contributed by atoms with Crippen LogP contribution in [0.2, 0.25) is 0 Å². The number of hydrogen-bond donors (Lipinski definition) is 1. The molecule has 76 valence electrons. The van der Waals surface area contributed by atoms with E-state index in [2.05, 4.69) is 9.97 Å². The van der Waals surface area contributed by atoms with Crippen molar-refractivity contribution in [3.63, 3.8) is 0 Å². The van der Waals surface area contributed by atoms with Gasteiger partial charge in [0.25, 0.3) is 0 Å². The van der Waals surface area contributed by atoms with Gasteiger partial charge in [0.15, 0.2) is 0 Å². The van der Waals surface area contributed by atoms with Crippen LogP contribution in [0.1, 0.15) is 22.8 Å². The van der Waals surface area contributed by atoms with E-state index in [1.807, 2.05) is 18.7 Å². The van der Waals surface area contributed by atoms with Gasteiger partial charge < -0.3 is 5.11 Å². The summed E-state index contributed by atoms with van der Waals surface area (Å²) in [5, 5.41) is 8.83. The van der Waals surface area contributed by atoms with Crippen LogP contribution in [0.15, 0.2) is 0 Å². The van der Waals surface area contributed by atoms with Crippen LogP contribution in [-0.2, 0) is 18.6 Å². The normalized spacial score (nSPS) is 15.3. The number of nitrogens with zero attached hydrogens (tertiary/aromatic N) is 2. The standard InChI is InChI=1S/C10H14N2OS/c1-7-8-3-5-14-6-9(8)12-10(11-7)2-4-13/h13H,2-6H2,1H3. The van der Waals surface area contributed by atoms with Crippen LogP contribution in [0, 0.1) is 6.92 Å². The summed E-state index contributed by atoms with van der Waals surface area (Å²) in [4.78, 5) is 8.87. The lowest BCUT2D eigenvalue weighted by atomic mass is 10.1. The third-order valence-electron chi connectivity index (χ3n) is 2.42. The van der Waals surface area contributed by atoms with Gasteiger partial charge in [0, 0.05) is 17.9 Å². The Kier molecular flexibility index (Phi) is 3.03. The van der Waals surface area contributed by atoms with Gasteiger partial charge in [-0.3, -0.25) is 0 Å². The van der Waals surface area contributed by atoms with Crippen LogP contribution in [0.4, 0.5) is 0 Å². The van der Waals surface area contributed by atoms with Crippen molar-refractivity contribution >= 4 is 11.8 Å². The molecule has 14 heavy (non-hydrogen) atoms. The van der Waals surface area contributed by atoms with Crippen LogP contribution in [0.25, 0.3) is 0 Å². The van der Waals surface area contributed by atoms with E-state index in [1.165, 1.54) is 17.0 Å². The molecule has 2 heterocycles. The van der Waals surface area contributed by atoms with E-state index in [0.717, 1.165) is 23.7 Å². The average molecular weight is 210 g/mol. The number of aliphatic hydroxyl groups excluding tert-OH is 1. The zero-order chi connectivity index (χ0) is 9.97. The third-order valence-corrected chi connectivity index (χ3v) is 3.39. The minimum atomic E-state index is 0.130. The molecule has 1 aromatic heterocycles. The first kappa shape index (κ1) is 9.93. The summed E-state index contributed by atoms with van der Waals surface area (Å²) in [6.07, 6.45) is 1.66. The summed E-state index contributed by atoms with van der Waals surface area (Å²) in [5.41, 5.74) is 3.60. The molecule has 0 spiro atoms. The minimum absolute atomic E-state index is 0.130. The second-order valence-corrected chi connectivity index (χ2v) is 4.53. The lowest BCUT2D eigenvalue weighted by Crippen LogP contribution is -2.12. The SMILES string of the molecule is Cc1nc(CCO)nc2c1CCSC2. The van der Waals surface area contributed by atoms with Crippen LogP contribution < -0.4 is 0 Å². The largest absolute Gasteiger partial charge is 0.396 e. The minimum Gasteiger partial charge on any atom is -0.396 e. The highest BCUT2D eigenvalue weighted by Gasteiger charge is 2.15. The summed E-state index contributed by atoms with van der Waals surface area (Å²) in [5.74, 6) is 2.96. The van der Waals surface area contributed by atoms with E-state index in [9.17, 15) is 0 Å². The first-order valence-corrected chi connectivity index (χ1v) is 6.00. The molecular formula is C10H14N2OS. The Morgan fingerprint density at radius 1 is 1.43 bits per heavy atom. The predicted molar refractivity (Wildman–Crippen MR) is 57.4 cm³/mol. The van der Waals surface area contributed by atoms with Gasteiger partial charge in [-0.15, -0.1) is 0 Å². The Morgan fingerprint density at radius 2 is 2.29 bits per heavy atom. The molecule has 0 aromatic carbocycles. The second kappa shape index (κ2) is 4.28. The molecule has 0 aliphatic carbocycles. The quantitative estimate of drug-likeness (QED) is 0.794. The van der Waals surface area contributed by atoms with E-state index in [4.69, 9.17) is 5.11 Å². The van der Waals surface area contributed by atoms with Crippen molar-refractivity contribution in [1.29, 1.82) is 0 Å². The van der Waals surface area contributed by atoms with Crippen molar-refractivity contribution in [2.24, 2.45) is 0 Å². The molecule has 0 saturated heterocycles. The Bertz CT molecular complexity index is 341. The van der Waals surface area contributed by atoms with Crippen molar-refractivity contribution in [1.82, 2.24) is 9.97 Å². The zero-order valence-electron chi connectivity index (χ0n) is 8.29. The molecule has 0 atom stereocenters. The summed E-state index contributed by atoms with van der Waals surface area (Å²) < 4.78 is 0. The van der Waals surface area contributed by atoms with Crippen molar-refractivity contribution < 1.29 is 5.11 Å². The number of aromatic nitrogens is 2. The first-order valence-electron chi connectivity index (χ1n) is 4.85. The zero-order valence-corrected chi connectivity index (χ0v) is 9.10. The summed E-state index contributed by atoms with van der Waals surface area (Å²) >= 11 is 1.92. The van der Waals surface area contributed by atoms with Crippen molar-refractivity contribution in [2.75, 3.05) is 12.4 Å². The Labute approximate surface area is 88.0 Å². The lowest BCUT2D eigenvalue weighted by molar-refractivity contribution is 0.296. The molecule has 0 saturated carbocycles. The Morgan fingerprint density at radius 3 is 3.07 bits per heavy atom. The highest BCUT2D eigenvalue weighted by molar-refractivity contribution is 7.98. The van der Waals surface area contributed by atoms with Gasteiger partial charge in [0.05, 0.1) is 12.3 Å². The van der Waals surface area contributed by atoms with Gasteiger partial charge in [0.1, 0.15) is 5.82 Å². The van der Waals surface area contributed by atoms with Gasteiger partial charge in [-0.1, -0.05) is 0 Å².